The zero-order valence-corrected chi connectivity index (χ0v) is 13.0. The molecule has 2 rings (SSSR count). The summed E-state index contributed by atoms with van der Waals surface area (Å²) in [4.78, 5) is 8.66. The monoisotopic (exact) mass is 285 g/mol. The van der Waals surface area contributed by atoms with Crippen molar-refractivity contribution in [1.29, 1.82) is 0 Å². The molecule has 1 aromatic carbocycles. The molecule has 21 heavy (non-hydrogen) atoms. The summed E-state index contributed by atoms with van der Waals surface area (Å²) in [5, 5.41) is 3.13. The van der Waals surface area contributed by atoms with Crippen molar-refractivity contribution in [2.75, 3.05) is 11.9 Å². The number of nitrogens with one attached hydrogen (secondary N) is 1. The molecule has 0 aliphatic heterocycles. The van der Waals surface area contributed by atoms with Gasteiger partial charge in [-0.2, -0.15) is 0 Å². The Kier molecular flexibility index (Phi) is 5.55. The highest BCUT2D eigenvalue weighted by atomic mass is 16.5. The standard InChI is InChI=1S/C17H23N3O/c1-4-13(3)15-8-6-7-9-16(15)21-12-14-10-20-17(11-19-14)18-5-2/h6-11,13H,4-5,12H2,1-3H3,(H,18,20). The van der Waals surface area contributed by atoms with Gasteiger partial charge in [0.15, 0.2) is 0 Å². The summed E-state index contributed by atoms with van der Waals surface area (Å²) >= 11 is 0. The van der Waals surface area contributed by atoms with Gasteiger partial charge in [-0.25, -0.2) is 4.98 Å². The molecule has 1 N–H and O–H groups in total. The first-order valence-corrected chi connectivity index (χ1v) is 7.51. The minimum atomic E-state index is 0.437. The lowest BCUT2D eigenvalue weighted by Crippen LogP contribution is -2.04. The summed E-state index contributed by atoms with van der Waals surface area (Å²) in [6.07, 6.45) is 4.59. The van der Waals surface area contributed by atoms with Gasteiger partial charge in [0.1, 0.15) is 18.2 Å². The van der Waals surface area contributed by atoms with E-state index in [-0.39, 0.29) is 0 Å². The molecule has 1 heterocycles. The second-order valence-corrected chi connectivity index (χ2v) is 5.06. The molecule has 1 atom stereocenters. The molecule has 0 aliphatic rings. The lowest BCUT2D eigenvalue weighted by Gasteiger charge is -2.15. The van der Waals surface area contributed by atoms with Crippen LogP contribution in [0.4, 0.5) is 5.82 Å². The Bertz CT molecular complexity index is 554. The van der Waals surface area contributed by atoms with E-state index < -0.39 is 0 Å². The third-order valence-electron chi connectivity index (χ3n) is 3.50. The summed E-state index contributed by atoms with van der Waals surface area (Å²) in [6, 6.07) is 8.20. The zero-order valence-electron chi connectivity index (χ0n) is 13.0. The highest BCUT2D eigenvalue weighted by Gasteiger charge is 2.09. The molecular formula is C17H23N3O. The summed E-state index contributed by atoms with van der Waals surface area (Å²) in [7, 11) is 0. The molecule has 0 spiro atoms. The van der Waals surface area contributed by atoms with E-state index in [0.717, 1.165) is 30.2 Å². The minimum Gasteiger partial charge on any atom is -0.487 e. The molecule has 1 aromatic heterocycles. The van der Waals surface area contributed by atoms with Crippen molar-refractivity contribution < 1.29 is 4.74 Å². The average Bonchev–Trinajstić information content (AvgIpc) is 2.54. The first kappa shape index (κ1) is 15.3. The third kappa shape index (κ3) is 4.18. The predicted molar refractivity (Wildman–Crippen MR) is 85.7 cm³/mol. The second-order valence-electron chi connectivity index (χ2n) is 5.06. The first-order chi connectivity index (χ1) is 10.2. The van der Waals surface area contributed by atoms with E-state index in [1.807, 2.05) is 19.1 Å². The largest absolute Gasteiger partial charge is 0.487 e. The lowest BCUT2D eigenvalue weighted by atomic mass is 9.98. The van der Waals surface area contributed by atoms with E-state index in [9.17, 15) is 0 Å². The number of para-hydroxylation sites is 1. The van der Waals surface area contributed by atoms with Crippen molar-refractivity contribution in [3.05, 3.63) is 47.9 Å². The predicted octanol–water partition coefficient (Wildman–Crippen LogP) is 4.00. The van der Waals surface area contributed by atoms with Gasteiger partial charge in [-0.3, -0.25) is 4.98 Å². The summed E-state index contributed by atoms with van der Waals surface area (Å²) in [6.45, 7) is 7.71. The van der Waals surface area contributed by atoms with E-state index in [2.05, 4.69) is 41.3 Å². The number of anilines is 1. The zero-order chi connectivity index (χ0) is 15.1. The highest BCUT2D eigenvalue weighted by molar-refractivity contribution is 5.36. The summed E-state index contributed by atoms with van der Waals surface area (Å²) in [5.74, 6) is 2.22. The lowest BCUT2D eigenvalue weighted by molar-refractivity contribution is 0.296. The Morgan fingerprint density at radius 3 is 2.62 bits per heavy atom. The van der Waals surface area contributed by atoms with Crippen LogP contribution in [-0.4, -0.2) is 16.5 Å². The van der Waals surface area contributed by atoms with Crippen LogP contribution >= 0.6 is 0 Å². The van der Waals surface area contributed by atoms with Crippen LogP contribution in [0.15, 0.2) is 36.7 Å². The molecule has 0 saturated heterocycles. The smallest absolute Gasteiger partial charge is 0.144 e. The fourth-order valence-electron chi connectivity index (χ4n) is 2.09. The molecule has 0 radical (unpaired) electrons. The van der Waals surface area contributed by atoms with Gasteiger partial charge < -0.3 is 10.1 Å². The molecule has 0 fully saturated rings. The number of hydrogen-bond donors (Lipinski definition) is 1. The van der Waals surface area contributed by atoms with E-state index in [1.54, 1.807) is 12.4 Å². The fraction of sp³-hybridized carbons (Fsp3) is 0.412. The third-order valence-corrected chi connectivity index (χ3v) is 3.50. The van der Waals surface area contributed by atoms with Crippen LogP contribution in [0.25, 0.3) is 0 Å². The maximum atomic E-state index is 5.92. The maximum Gasteiger partial charge on any atom is 0.144 e. The maximum absolute atomic E-state index is 5.92. The van der Waals surface area contributed by atoms with Crippen LogP contribution in [0.2, 0.25) is 0 Å². The highest BCUT2D eigenvalue weighted by Crippen LogP contribution is 2.28. The Morgan fingerprint density at radius 2 is 1.95 bits per heavy atom. The summed E-state index contributed by atoms with van der Waals surface area (Å²) < 4.78 is 5.92. The van der Waals surface area contributed by atoms with Gasteiger partial charge in [-0.15, -0.1) is 0 Å². The van der Waals surface area contributed by atoms with Crippen molar-refractivity contribution in [3.63, 3.8) is 0 Å². The van der Waals surface area contributed by atoms with Gasteiger partial charge in [0.25, 0.3) is 0 Å². The number of hydrogen-bond acceptors (Lipinski definition) is 4. The van der Waals surface area contributed by atoms with Crippen LogP contribution in [-0.2, 0) is 6.61 Å². The van der Waals surface area contributed by atoms with Gasteiger partial charge in [0, 0.05) is 6.54 Å². The second kappa shape index (κ2) is 7.62. The number of ether oxygens (including phenoxy) is 1. The van der Waals surface area contributed by atoms with Gasteiger partial charge in [-0.05, 0) is 30.9 Å². The molecule has 1 unspecified atom stereocenters. The van der Waals surface area contributed by atoms with E-state index in [0.29, 0.717) is 12.5 Å². The topological polar surface area (TPSA) is 47.0 Å². The van der Waals surface area contributed by atoms with E-state index >= 15 is 0 Å². The molecule has 0 aliphatic carbocycles. The Balaban J connectivity index is 2.02. The average molecular weight is 285 g/mol. The van der Waals surface area contributed by atoms with Crippen LogP contribution in [0.3, 0.4) is 0 Å². The Morgan fingerprint density at radius 1 is 1.14 bits per heavy atom. The van der Waals surface area contributed by atoms with Gasteiger partial charge >= 0.3 is 0 Å². The molecule has 4 nitrogen and oxygen atoms in total. The van der Waals surface area contributed by atoms with Crippen molar-refractivity contribution >= 4 is 5.82 Å². The van der Waals surface area contributed by atoms with E-state index in [4.69, 9.17) is 4.74 Å². The molecule has 2 aromatic rings. The van der Waals surface area contributed by atoms with Crippen molar-refractivity contribution in [3.8, 4) is 5.75 Å². The van der Waals surface area contributed by atoms with Crippen molar-refractivity contribution in [2.45, 2.75) is 39.7 Å². The van der Waals surface area contributed by atoms with Gasteiger partial charge in [0.2, 0.25) is 0 Å². The first-order valence-electron chi connectivity index (χ1n) is 7.51. The molecule has 0 amide bonds. The molecule has 0 saturated carbocycles. The quantitative estimate of drug-likeness (QED) is 0.835. The van der Waals surface area contributed by atoms with Gasteiger partial charge in [0.05, 0.1) is 18.1 Å². The number of aromatic nitrogens is 2. The van der Waals surface area contributed by atoms with Crippen LogP contribution < -0.4 is 10.1 Å². The number of rotatable bonds is 7. The SMILES string of the molecule is CCNc1cnc(COc2ccccc2C(C)CC)cn1. The van der Waals surface area contributed by atoms with Crippen LogP contribution in [0.5, 0.6) is 5.75 Å². The molecule has 112 valence electrons. The van der Waals surface area contributed by atoms with Crippen molar-refractivity contribution in [1.82, 2.24) is 9.97 Å². The molecule has 0 bridgehead atoms. The Labute approximate surface area is 126 Å². The van der Waals surface area contributed by atoms with E-state index in [1.165, 1.54) is 5.56 Å². The minimum absolute atomic E-state index is 0.437. The van der Waals surface area contributed by atoms with Gasteiger partial charge in [-0.1, -0.05) is 32.0 Å². The Hall–Kier alpha value is -2.10. The van der Waals surface area contributed by atoms with Crippen LogP contribution in [0, 0.1) is 0 Å². The van der Waals surface area contributed by atoms with Crippen molar-refractivity contribution in [2.24, 2.45) is 0 Å². The fourth-order valence-corrected chi connectivity index (χ4v) is 2.09. The van der Waals surface area contributed by atoms with Crippen LogP contribution in [0.1, 0.15) is 44.4 Å². The summed E-state index contributed by atoms with van der Waals surface area (Å²) in [5.41, 5.74) is 2.08. The normalized spacial score (nSPS) is 12.0. The molecule has 4 heteroatoms. The number of benzene rings is 1. The molecular weight excluding hydrogens is 262 g/mol. The number of nitrogens with zero attached hydrogens (tertiary/aromatic N) is 2.